The highest BCUT2D eigenvalue weighted by atomic mass is 35.5. The summed E-state index contributed by atoms with van der Waals surface area (Å²) in [6, 6.07) is 4.45. The first kappa shape index (κ1) is 23.6. The number of fused-ring (bicyclic) bond motifs is 3. The third-order valence-corrected chi connectivity index (χ3v) is 6.43. The van der Waals surface area contributed by atoms with Gasteiger partial charge in [0.05, 0.1) is 18.2 Å². The molecule has 1 fully saturated rings. The highest BCUT2D eigenvalue weighted by molar-refractivity contribution is 6.30. The second-order valence-electron chi connectivity index (χ2n) is 8.42. The van der Waals surface area contributed by atoms with Crippen LogP contribution in [0.3, 0.4) is 0 Å². The van der Waals surface area contributed by atoms with Crippen LogP contribution >= 0.6 is 11.6 Å². The number of ether oxygens (including phenoxy) is 2. The molecule has 33 heavy (non-hydrogen) atoms. The highest BCUT2D eigenvalue weighted by Crippen LogP contribution is 2.40. The third kappa shape index (κ3) is 5.19. The predicted molar refractivity (Wildman–Crippen MR) is 115 cm³/mol. The molecule has 1 aliphatic carbocycles. The van der Waals surface area contributed by atoms with Gasteiger partial charge in [0.15, 0.2) is 0 Å². The Morgan fingerprint density at radius 1 is 1.27 bits per heavy atom. The average molecular weight is 486 g/mol. The lowest BCUT2D eigenvalue weighted by Gasteiger charge is -2.28. The van der Waals surface area contributed by atoms with Gasteiger partial charge in [-0.15, -0.1) is 0 Å². The number of aromatic nitrogens is 1. The molecular weight excluding hydrogens is 463 g/mol. The van der Waals surface area contributed by atoms with Gasteiger partial charge >= 0.3 is 12.1 Å². The van der Waals surface area contributed by atoms with Crippen molar-refractivity contribution in [2.75, 3.05) is 13.2 Å². The molecule has 1 saturated carbocycles. The summed E-state index contributed by atoms with van der Waals surface area (Å²) in [4.78, 5) is 24.8. The van der Waals surface area contributed by atoms with Crippen LogP contribution in [0.2, 0.25) is 5.02 Å². The molecule has 1 aliphatic heterocycles. The SMILES string of the molecule is O=C(O)C(CCOC1CCC1)n1cc2c(cc1=O)-c1cc(Cl)ccc1C[C@@H](C(F)(F)F)CO2. The lowest BCUT2D eigenvalue weighted by Crippen LogP contribution is -2.34. The fraction of sp³-hybridized carbons (Fsp3) is 0.478. The quantitative estimate of drug-likeness (QED) is 0.632. The molecule has 2 atom stereocenters. The summed E-state index contributed by atoms with van der Waals surface area (Å²) in [5.74, 6) is -3.01. The van der Waals surface area contributed by atoms with Gasteiger partial charge in [0.2, 0.25) is 0 Å². The number of carbonyl (C=O) groups is 1. The number of alkyl halides is 3. The van der Waals surface area contributed by atoms with E-state index in [0.717, 1.165) is 23.8 Å². The number of benzene rings is 1. The Balaban J connectivity index is 1.72. The van der Waals surface area contributed by atoms with E-state index in [-0.39, 0.29) is 36.9 Å². The first-order valence-electron chi connectivity index (χ1n) is 10.7. The lowest BCUT2D eigenvalue weighted by molar-refractivity contribution is -0.181. The topological polar surface area (TPSA) is 77.8 Å². The summed E-state index contributed by atoms with van der Waals surface area (Å²) >= 11 is 6.09. The summed E-state index contributed by atoms with van der Waals surface area (Å²) in [6.45, 7) is -0.500. The maximum Gasteiger partial charge on any atom is 0.395 e. The minimum absolute atomic E-state index is 0.00164. The van der Waals surface area contributed by atoms with Crippen LogP contribution in [0.4, 0.5) is 13.2 Å². The minimum atomic E-state index is -4.49. The van der Waals surface area contributed by atoms with Gasteiger partial charge in [-0.1, -0.05) is 17.7 Å². The Morgan fingerprint density at radius 2 is 2.03 bits per heavy atom. The molecule has 1 aromatic heterocycles. The van der Waals surface area contributed by atoms with Crippen LogP contribution < -0.4 is 10.3 Å². The molecule has 6 nitrogen and oxygen atoms in total. The third-order valence-electron chi connectivity index (χ3n) is 6.19. The molecule has 2 heterocycles. The zero-order chi connectivity index (χ0) is 23.8. The number of aliphatic carboxylic acids is 1. The normalized spacial score (nSPS) is 19.3. The zero-order valence-electron chi connectivity index (χ0n) is 17.6. The van der Waals surface area contributed by atoms with Crippen LogP contribution in [0, 0.1) is 5.92 Å². The zero-order valence-corrected chi connectivity index (χ0v) is 18.4. The molecule has 0 amide bonds. The average Bonchev–Trinajstić information content (AvgIpc) is 2.69. The van der Waals surface area contributed by atoms with Gasteiger partial charge in [0, 0.05) is 29.7 Å². The number of hydrogen-bond acceptors (Lipinski definition) is 4. The molecule has 10 heteroatoms. The van der Waals surface area contributed by atoms with Gasteiger partial charge in [-0.25, -0.2) is 4.79 Å². The van der Waals surface area contributed by atoms with Crippen molar-refractivity contribution in [2.45, 2.75) is 50.4 Å². The Hall–Kier alpha value is -2.52. The number of carboxylic acids is 1. The Bertz CT molecular complexity index is 1100. The second-order valence-corrected chi connectivity index (χ2v) is 8.85. The number of nitrogens with zero attached hydrogens (tertiary/aromatic N) is 1. The van der Waals surface area contributed by atoms with Crippen molar-refractivity contribution < 1.29 is 32.5 Å². The van der Waals surface area contributed by atoms with Crippen molar-refractivity contribution in [3.63, 3.8) is 0 Å². The molecule has 1 N–H and O–H groups in total. The van der Waals surface area contributed by atoms with Crippen molar-refractivity contribution in [2.24, 2.45) is 5.92 Å². The highest BCUT2D eigenvalue weighted by Gasteiger charge is 2.41. The van der Waals surface area contributed by atoms with E-state index in [0.29, 0.717) is 16.1 Å². The molecule has 0 saturated heterocycles. The summed E-state index contributed by atoms with van der Waals surface area (Å²) in [5, 5.41) is 10.0. The molecule has 0 radical (unpaired) electrons. The first-order chi connectivity index (χ1) is 15.6. The van der Waals surface area contributed by atoms with E-state index >= 15 is 0 Å². The van der Waals surface area contributed by atoms with Crippen molar-refractivity contribution >= 4 is 17.6 Å². The van der Waals surface area contributed by atoms with Crippen molar-refractivity contribution in [1.82, 2.24) is 4.57 Å². The number of carboxylic acid groups (broad SMARTS) is 1. The molecule has 2 aliphatic rings. The van der Waals surface area contributed by atoms with Gasteiger partial charge in [-0.2, -0.15) is 13.2 Å². The first-order valence-corrected chi connectivity index (χ1v) is 11.1. The maximum absolute atomic E-state index is 13.6. The van der Waals surface area contributed by atoms with E-state index in [9.17, 15) is 27.9 Å². The van der Waals surface area contributed by atoms with Crippen molar-refractivity contribution in [3.8, 4) is 16.9 Å². The van der Waals surface area contributed by atoms with Crippen molar-refractivity contribution in [1.29, 1.82) is 0 Å². The summed E-state index contributed by atoms with van der Waals surface area (Å²) in [6.07, 6.45) is -0.573. The molecule has 4 rings (SSSR count). The summed E-state index contributed by atoms with van der Waals surface area (Å²) < 4.78 is 52.8. The largest absolute Gasteiger partial charge is 0.491 e. The van der Waals surface area contributed by atoms with E-state index in [1.165, 1.54) is 30.5 Å². The van der Waals surface area contributed by atoms with Crippen LogP contribution in [0.15, 0.2) is 35.3 Å². The lowest BCUT2D eigenvalue weighted by atomic mass is 9.91. The molecule has 178 valence electrons. The van der Waals surface area contributed by atoms with Crippen molar-refractivity contribution in [3.05, 3.63) is 51.4 Å². The Kier molecular flexibility index (Phi) is 6.72. The molecule has 1 unspecified atom stereocenters. The van der Waals surface area contributed by atoms with Crippen LogP contribution in [0.5, 0.6) is 5.75 Å². The Labute approximate surface area is 192 Å². The smallest absolute Gasteiger partial charge is 0.395 e. The van der Waals surface area contributed by atoms with Crippen LogP contribution in [0.25, 0.3) is 11.1 Å². The summed E-state index contributed by atoms with van der Waals surface area (Å²) in [7, 11) is 0. The van der Waals surface area contributed by atoms with E-state index in [2.05, 4.69) is 0 Å². The standard InChI is InChI=1S/C23H23ClF3NO5/c24-15-5-4-13-8-14(23(25,26)27)12-33-20-11-28(21(29)10-18(20)17(13)9-15)19(22(30)31)6-7-32-16-2-1-3-16/h4-5,9-11,14,16,19H,1-3,6-8,12H2,(H,30,31)/t14-,19?/m1/s1. The molecular formula is C23H23ClF3NO5. The number of pyridine rings is 1. The van der Waals surface area contributed by atoms with Crippen LogP contribution in [-0.2, 0) is 16.0 Å². The van der Waals surface area contributed by atoms with Gasteiger partial charge in [-0.3, -0.25) is 9.36 Å². The van der Waals surface area contributed by atoms with E-state index < -0.39 is 36.3 Å². The van der Waals surface area contributed by atoms with E-state index in [1.54, 1.807) is 0 Å². The van der Waals surface area contributed by atoms with Crippen LogP contribution in [-0.4, -0.2) is 41.1 Å². The predicted octanol–water partition coefficient (Wildman–Crippen LogP) is 4.87. The fourth-order valence-corrected chi connectivity index (χ4v) is 4.24. The molecule has 0 bridgehead atoms. The van der Waals surface area contributed by atoms with Gasteiger partial charge in [0.1, 0.15) is 18.4 Å². The molecule has 0 spiro atoms. The van der Waals surface area contributed by atoms with Crippen LogP contribution in [0.1, 0.15) is 37.3 Å². The minimum Gasteiger partial charge on any atom is -0.491 e. The number of halogens is 4. The van der Waals surface area contributed by atoms with Gasteiger partial charge < -0.3 is 14.6 Å². The fourth-order valence-electron chi connectivity index (χ4n) is 4.07. The van der Waals surface area contributed by atoms with Gasteiger partial charge in [0.25, 0.3) is 5.56 Å². The van der Waals surface area contributed by atoms with E-state index in [4.69, 9.17) is 21.1 Å². The summed E-state index contributed by atoms with van der Waals surface area (Å²) in [5.41, 5.74) is 0.416. The molecule has 2 aromatic rings. The maximum atomic E-state index is 13.6. The Morgan fingerprint density at radius 3 is 2.67 bits per heavy atom. The van der Waals surface area contributed by atoms with Gasteiger partial charge in [-0.05, 0) is 48.9 Å². The number of rotatable bonds is 6. The van der Waals surface area contributed by atoms with E-state index in [1.807, 2.05) is 0 Å². The monoisotopic (exact) mass is 485 g/mol. The molecule has 1 aromatic carbocycles. The second kappa shape index (κ2) is 9.38. The number of hydrogen-bond donors (Lipinski definition) is 1.